The van der Waals surface area contributed by atoms with Crippen LogP contribution in [0.4, 0.5) is 0 Å². The van der Waals surface area contributed by atoms with E-state index in [0.29, 0.717) is 25.1 Å². The third kappa shape index (κ3) is 7.21. The summed E-state index contributed by atoms with van der Waals surface area (Å²) in [6.07, 6.45) is 1.25. The number of pyridine rings is 1. The minimum atomic E-state index is -0.727. The molecule has 37 heavy (non-hydrogen) atoms. The molecule has 2 rings (SSSR count). The van der Waals surface area contributed by atoms with Gasteiger partial charge in [-0.1, -0.05) is 6.92 Å². The molecule has 0 fully saturated rings. The van der Waals surface area contributed by atoms with Gasteiger partial charge in [-0.05, 0) is 44.9 Å². The van der Waals surface area contributed by atoms with Gasteiger partial charge in [0.15, 0.2) is 11.5 Å². The monoisotopic (exact) mass is 518 g/mol. The zero-order valence-corrected chi connectivity index (χ0v) is 21.3. The lowest BCUT2D eigenvalue weighted by molar-refractivity contribution is 0.0934. The number of phenolic OH excluding ortho intramolecular Hbond substituents is 1. The van der Waals surface area contributed by atoms with Crippen molar-refractivity contribution in [1.29, 1.82) is 0 Å². The van der Waals surface area contributed by atoms with E-state index >= 15 is 0 Å². The van der Waals surface area contributed by atoms with Gasteiger partial charge in [-0.2, -0.15) is 5.90 Å². The van der Waals surface area contributed by atoms with Crippen LogP contribution in [0.25, 0.3) is 0 Å². The number of carbonyl (C=O) groups excluding carboxylic acids is 3. The third-order valence-electron chi connectivity index (χ3n) is 6.06. The summed E-state index contributed by atoms with van der Waals surface area (Å²) in [4.78, 5) is 55.6. The second-order valence-electron chi connectivity index (χ2n) is 8.68. The topological polar surface area (TPSA) is 208 Å². The number of aromatic amines is 1. The van der Waals surface area contributed by atoms with E-state index in [4.69, 9.17) is 5.90 Å². The molecule has 1 heterocycles. The molecule has 9 N–H and O–H groups in total. The number of phenols is 1. The summed E-state index contributed by atoms with van der Waals surface area (Å²) < 4.78 is 0. The summed E-state index contributed by atoms with van der Waals surface area (Å²) in [5.74, 6) is 2.05. The van der Waals surface area contributed by atoms with E-state index in [1.54, 1.807) is 6.92 Å². The average Bonchev–Trinajstić information content (AvgIpc) is 2.87. The number of aromatic hydroxyl groups is 2. The predicted molar refractivity (Wildman–Crippen MR) is 136 cm³/mol. The summed E-state index contributed by atoms with van der Waals surface area (Å²) in [5, 5.41) is 31.2. The third-order valence-corrected chi connectivity index (χ3v) is 6.06. The number of hydrogen-bond acceptors (Lipinski definition) is 9. The average molecular weight is 519 g/mol. The Morgan fingerprint density at radius 2 is 1.62 bits per heavy atom. The molecule has 202 valence electrons. The first-order valence-corrected chi connectivity index (χ1v) is 11.7. The van der Waals surface area contributed by atoms with Crippen molar-refractivity contribution in [3.63, 3.8) is 0 Å². The van der Waals surface area contributed by atoms with Gasteiger partial charge in [-0.3, -0.25) is 19.2 Å². The van der Waals surface area contributed by atoms with Crippen molar-refractivity contribution in [2.75, 3.05) is 26.7 Å². The SMILES string of the molecule is CCC(C)(CCNC(=O)c1cc(C)[nH]c(=O)c1O)NCCNC(=O)c1ccc(C(=O)NC)c(O)c1ON. The Morgan fingerprint density at radius 3 is 2.24 bits per heavy atom. The highest BCUT2D eigenvalue weighted by Gasteiger charge is 2.24. The fourth-order valence-corrected chi connectivity index (χ4v) is 3.61. The molecule has 0 spiro atoms. The molecule has 0 bridgehead atoms. The standard InChI is InChI=1S/C24H34N6O7/c1-5-24(3,8-9-27-22(35)16-12-13(2)30-23(36)18(16)32)29-11-10-28-21(34)15-7-6-14(20(33)26-4)17(31)19(15)37-25/h6-7,12,29,31-32H,5,8-11,25H2,1-4H3,(H,26,33)(H,27,35)(H,28,34)(H,30,36). The molecule has 0 aliphatic rings. The van der Waals surface area contributed by atoms with E-state index in [-0.39, 0.29) is 41.1 Å². The fourth-order valence-electron chi connectivity index (χ4n) is 3.61. The first-order valence-electron chi connectivity index (χ1n) is 11.7. The summed E-state index contributed by atoms with van der Waals surface area (Å²) >= 11 is 0. The molecule has 3 amide bonds. The lowest BCUT2D eigenvalue weighted by atomic mass is 9.94. The van der Waals surface area contributed by atoms with E-state index in [1.807, 2.05) is 13.8 Å². The van der Waals surface area contributed by atoms with E-state index in [9.17, 15) is 29.4 Å². The molecule has 0 radical (unpaired) electrons. The molecule has 13 heteroatoms. The van der Waals surface area contributed by atoms with E-state index in [0.717, 1.165) is 0 Å². The Kier molecular flexibility index (Phi) is 10.0. The van der Waals surface area contributed by atoms with E-state index < -0.39 is 34.8 Å². The molecule has 1 aromatic heterocycles. The molecule has 1 atom stereocenters. The smallest absolute Gasteiger partial charge is 0.291 e. The number of amides is 3. The molecular formula is C24H34N6O7. The Labute approximate surface area is 213 Å². The van der Waals surface area contributed by atoms with Crippen molar-refractivity contribution < 1.29 is 29.4 Å². The Morgan fingerprint density at radius 1 is 1.00 bits per heavy atom. The van der Waals surface area contributed by atoms with Gasteiger partial charge in [-0.25, -0.2) is 0 Å². The molecular weight excluding hydrogens is 484 g/mol. The van der Waals surface area contributed by atoms with Gasteiger partial charge in [0.1, 0.15) is 0 Å². The highest BCUT2D eigenvalue weighted by molar-refractivity contribution is 6.03. The zero-order chi connectivity index (χ0) is 27.8. The maximum absolute atomic E-state index is 12.6. The van der Waals surface area contributed by atoms with Gasteiger partial charge in [0.2, 0.25) is 5.75 Å². The number of benzene rings is 1. The normalized spacial score (nSPS) is 12.4. The first-order chi connectivity index (χ1) is 17.5. The van der Waals surface area contributed by atoms with Gasteiger partial charge in [0.25, 0.3) is 23.3 Å². The molecule has 1 aromatic carbocycles. The van der Waals surface area contributed by atoms with Crippen LogP contribution in [-0.2, 0) is 0 Å². The van der Waals surface area contributed by atoms with Crippen molar-refractivity contribution in [2.45, 2.75) is 39.2 Å². The number of hydrogen-bond donors (Lipinski definition) is 8. The maximum Gasteiger partial charge on any atom is 0.291 e. The van der Waals surface area contributed by atoms with E-state index in [2.05, 4.69) is 31.1 Å². The maximum atomic E-state index is 12.6. The Bertz CT molecular complexity index is 1210. The number of rotatable bonds is 12. The highest BCUT2D eigenvalue weighted by atomic mass is 16.6. The van der Waals surface area contributed by atoms with Crippen molar-refractivity contribution >= 4 is 17.7 Å². The number of H-pyrrole nitrogens is 1. The Balaban J connectivity index is 1.90. The fraction of sp³-hybridized carbons (Fsp3) is 0.417. The summed E-state index contributed by atoms with van der Waals surface area (Å²) in [5.41, 5.74) is -0.871. The van der Waals surface area contributed by atoms with Crippen molar-refractivity contribution in [1.82, 2.24) is 26.3 Å². The Hall–Kier alpha value is -4.10. The van der Waals surface area contributed by atoms with Crippen LogP contribution in [0.1, 0.15) is 63.5 Å². The van der Waals surface area contributed by atoms with Crippen molar-refractivity contribution in [3.8, 4) is 17.2 Å². The molecule has 1 unspecified atom stereocenters. The van der Waals surface area contributed by atoms with Crippen LogP contribution < -0.4 is 37.6 Å². The lowest BCUT2D eigenvalue weighted by Gasteiger charge is -2.30. The van der Waals surface area contributed by atoms with Crippen LogP contribution in [-0.4, -0.2) is 65.1 Å². The van der Waals surface area contributed by atoms with Crippen LogP contribution in [0.5, 0.6) is 17.2 Å². The second kappa shape index (κ2) is 12.7. The minimum Gasteiger partial charge on any atom is -0.504 e. The second-order valence-corrected chi connectivity index (χ2v) is 8.68. The largest absolute Gasteiger partial charge is 0.504 e. The number of nitrogens with two attached hydrogens (primary N) is 1. The van der Waals surface area contributed by atoms with Crippen molar-refractivity contribution in [3.05, 3.63) is 50.9 Å². The quantitative estimate of drug-likeness (QED) is 0.140. The molecule has 13 nitrogen and oxygen atoms in total. The van der Waals surface area contributed by atoms with Gasteiger partial charge in [0.05, 0.1) is 16.7 Å². The van der Waals surface area contributed by atoms with Crippen LogP contribution in [0.15, 0.2) is 23.0 Å². The zero-order valence-electron chi connectivity index (χ0n) is 21.3. The van der Waals surface area contributed by atoms with Crippen LogP contribution >= 0.6 is 0 Å². The molecule has 0 saturated heterocycles. The minimum absolute atomic E-state index is 0.0353. The van der Waals surface area contributed by atoms with Crippen LogP contribution in [0.2, 0.25) is 0 Å². The lowest BCUT2D eigenvalue weighted by Crippen LogP contribution is -2.47. The van der Waals surface area contributed by atoms with E-state index in [1.165, 1.54) is 25.2 Å². The van der Waals surface area contributed by atoms with Crippen LogP contribution in [0.3, 0.4) is 0 Å². The van der Waals surface area contributed by atoms with Crippen LogP contribution in [0, 0.1) is 6.92 Å². The summed E-state index contributed by atoms with van der Waals surface area (Å²) in [7, 11) is 1.40. The number of carbonyl (C=O) groups is 3. The molecule has 0 aliphatic carbocycles. The molecule has 2 aromatic rings. The van der Waals surface area contributed by atoms with Crippen molar-refractivity contribution in [2.24, 2.45) is 5.90 Å². The number of aromatic nitrogens is 1. The molecule has 0 aliphatic heterocycles. The summed E-state index contributed by atoms with van der Waals surface area (Å²) in [6, 6.07) is 4.02. The summed E-state index contributed by atoms with van der Waals surface area (Å²) in [6.45, 7) is 6.44. The highest BCUT2D eigenvalue weighted by Crippen LogP contribution is 2.33. The number of nitrogens with one attached hydrogen (secondary N) is 5. The van der Waals surface area contributed by atoms with Gasteiger partial charge >= 0.3 is 0 Å². The number of aryl methyl sites for hydroxylation is 1. The van der Waals surface area contributed by atoms with Gasteiger partial charge in [-0.15, -0.1) is 0 Å². The first kappa shape index (κ1) is 29.1. The van der Waals surface area contributed by atoms with Gasteiger partial charge < -0.3 is 41.3 Å². The van der Waals surface area contributed by atoms with Gasteiger partial charge in [0, 0.05) is 37.9 Å². The predicted octanol–water partition coefficient (Wildman–Crippen LogP) is 0.0148. The molecule has 0 saturated carbocycles.